The summed E-state index contributed by atoms with van der Waals surface area (Å²) < 4.78 is 3.49. The van der Waals surface area contributed by atoms with Gasteiger partial charge in [-0.3, -0.25) is 0 Å². The van der Waals surface area contributed by atoms with Gasteiger partial charge < -0.3 is 0 Å². The monoisotopic (exact) mass is 253 g/mol. The Kier molecular flexibility index (Phi) is 6.67. The van der Waals surface area contributed by atoms with Crippen molar-refractivity contribution in [3.05, 3.63) is 0 Å². The molecule has 1 N–H and O–H groups in total. The molecule has 0 fully saturated rings. The van der Waals surface area contributed by atoms with Crippen molar-refractivity contribution in [1.82, 2.24) is 9.62 Å². The molecule has 4 heteroatoms. The van der Waals surface area contributed by atoms with Gasteiger partial charge in [-0.2, -0.15) is 0 Å². The molecule has 0 aromatic heterocycles. The van der Waals surface area contributed by atoms with Gasteiger partial charge in [0.25, 0.3) is 0 Å². The number of likely N-dealkylation sites (N-methyl/N-ethyl adjacent to an activating group) is 1. The van der Waals surface area contributed by atoms with E-state index in [1.165, 1.54) is 4.35 Å². The van der Waals surface area contributed by atoms with Crippen molar-refractivity contribution in [2.75, 3.05) is 19.8 Å². The van der Waals surface area contributed by atoms with Gasteiger partial charge in [-0.1, -0.05) is 0 Å². The Morgan fingerprint density at radius 1 is 1.50 bits per heavy atom. The third-order valence-corrected chi connectivity index (χ3v) is 3.15. The first-order valence-corrected chi connectivity index (χ1v) is 6.69. The quantitative estimate of drug-likeness (QED) is 0.753. The standard InChI is InChI=1S/C10H22N2S.V/c1-7-11-9(10(2,3)4)8-12(5)13-6;/h9,11H,8H2,1-6H3;/t9-;/m1./s1. The predicted octanol–water partition coefficient (Wildman–Crippen LogP) is 1.90. The van der Waals surface area contributed by atoms with Crippen molar-refractivity contribution in [2.24, 2.45) is 5.41 Å². The van der Waals surface area contributed by atoms with E-state index in [1.54, 1.807) is 11.9 Å². The molecule has 0 aliphatic rings. The average Bonchev–Trinajstić information content (AvgIpc) is 2.00. The average molecular weight is 253 g/mol. The van der Waals surface area contributed by atoms with E-state index in [0.29, 0.717) is 6.04 Å². The van der Waals surface area contributed by atoms with E-state index in [4.69, 9.17) is 0 Å². The molecule has 0 aliphatic heterocycles. The van der Waals surface area contributed by atoms with Gasteiger partial charge in [0.05, 0.1) is 0 Å². The van der Waals surface area contributed by atoms with Gasteiger partial charge in [0.2, 0.25) is 0 Å². The fraction of sp³-hybridized carbons (Fsp3) is 0.900. The Labute approximate surface area is 102 Å². The van der Waals surface area contributed by atoms with Crippen LogP contribution in [0.25, 0.3) is 0 Å². The topological polar surface area (TPSA) is 15.3 Å². The normalized spacial score (nSPS) is 14.4. The van der Waals surface area contributed by atoms with Crippen LogP contribution in [0, 0.1) is 5.41 Å². The molecule has 14 heavy (non-hydrogen) atoms. The van der Waals surface area contributed by atoms with Gasteiger partial charge >= 0.3 is 102 Å². The predicted molar refractivity (Wildman–Crippen MR) is 63.2 cm³/mol. The van der Waals surface area contributed by atoms with Crippen molar-refractivity contribution in [2.45, 2.75) is 33.7 Å². The Balaban J connectivity index is 4.33. The molecule has 0 bridgehead atoms. The van der Waals surface area contributed by atoms with Crippen LogP contribution in [0.1, 0.15) is 27.7 Å². The van der Waals surface area contributed by atoms with Crippen LogP contribution >= 0.6 is 11.9 Å². The molecule has 0 aliphatic carbocycles. The van der Waals surface area contributed by atoms with Gasteiger partial charge in [-0.05, 0) is 0 Å². The molecule has 0 saturated carbocycles. The van der Waals surface area contributed by atoms with E-state index in [9.17, 15) is 0 Å². The maximum atomic E-state index is 3.52. The van der Waals surface area contributed by atoms with E-state index in [-0.39, 0.29) is 5.41 Å². The summed E-state index contributed by atoms with van der Waals surface area (Å²) in [5, 5.41) is 3.52. The minimum absolute atomic E-state index is 0.283. The van der Waals surface area contributed by atoms with E-state index < -0.39 is 0 Å². The van der Waals surface area contributed by atoms with Crippen LogP contribution in [0.15, 0.2) is 0 Å². The van der Waals surface area contributed by atoms with Crippen LogP contribution in [0.3, 0.4) is 0 Å². The second-order valence-electron chi connectivity index (χ2n) is 4.64. The summed E-state index contributed by atoms with van der Waals surface area (Å²) in [6.07, 6.45) is 2.11. The summed E-state index contributed by atoms with van der Waals surface area (Å²) in [5.41, 5.74) is 0.283. The molecule has 0 unspecified atom stereocenters. The zero-order chi connectivity index (χ0) is 11.4. The van der Waals surface area contributed by atoms with Crippen LogP contribution in [0.4, 0.5) is 0 Å². The Hall–Kier alpha value is 0.724. The summed E-state index contributed by atoms with van der Waals surface area (Å²) in [5.74, 6) is 0. The van der Waals surface area contributed by atoms with Crippen LogP contribution < -0.4 is 5.32 Å². The number of nitrogens with one attached hydrogen (secondary N) is 1. The van der Waals surface area contributed by atoms with Crippen molar-refractivity contribution < 1.29 is 17.0 Å². The SMILES string of the molecule is CSN(C)C[C@@H](N[C](C)=[V])C(C)(C)C. The molecular weight excluding hydrogens is 231 g/mol. The molecule has 0 radical (unpaired) electrons. The Bertz CT molecular complexity index is 189. The number of hydrogen-bond acceptors (Lipinski definition) is 3. The van der Waals surface area contributed by atoms with Crippen LogP contribution in [0.5, 0.6) is 0 Å². The van der Waals surface area contributed by atoms with Crippen LogP contribution in [-0.4, -0.2) is 34.5 Å². The summed E-state index contributed by atoms with van der Waals surface area (Å²) in [6, 6.07) is 0.489. The number of rotatable bonds is 5. The molecule has 0 amide bonds. The van der Waals surface area contributed by atoms with Crippen molar-refractivity contribution in [1.29, 1.82) is 0 Å². The summed E-state index contributed by atoms with van der Waals surface area (Å²) in [6.45, 7) is 9.97. The molecular formula is C10H22N2SV. The molecule has 1 atom stereocenters. The summed E-state index contributed by atoms with van der Waals surface area (Å²) in [7, 11) is 2.13. The molecule has 0 rings (SSSR count). The Morgan fingerprint density at radius 2 is 2.00 bits per heavy atom. The van der Waals surface area contributed by atoms with Crippen molar-refractivity contribution in [3.63, 3.8) is 0 Å². The number of hydrogen-bond donors (Lipinski definition) is 1. The van der Waals surface area contributed by atoms with Gasteiger partial charge in [0.1, 0.15) is 0 Å². The van der Waals surface area contributed by atoms with Gasteiger partial charge in [0.15, 0.2) is 0 Å². The zero-order valence-corrected chi connectivity index (χ0v) is 12.3. The fourth-order valence-corrected chi connectivity index (χ4v) is 1.66. The van der Waals surface area contributed by atoms with Gasteiger partial charge in [-0.25, -0.2) is 0 Å². The minimum atomic E-state index is 0.283. The second-order valence-corrected chi connectivity index (χ2v) is 6.68. The summed E-state index contributed by atoms with van der Waals surface area (Å²) in [4.78, 5) is 0. The van der Waals surface area contributed by atoms with E-state index in [2.05, 4.69) is 67.6 Å². The zero-order valence-electron chi connectivity index (χ0n) is 10.1. The molecule has 0 aromatic rings. The van der Waals surface area contributed by atoms with E-state index in [1.807, 2.05) is 0 Å². The maximum absolute atomic E-state index is 3.52. The molecule has 0 spiro atoms. The van der Waals surface area contributed by atoms with Gasteiger partial charge in [-0.15, -0.1) is 0 Å². The van der Waals surface area contributed by atoms with Gasteiger partial charge in [0, 0.05) is 0 Å². The number of nitrogens with zero attached hydrogens (tertiary/aromatic N) is 1. The molecule has 0 aromatic carbocycles. The molecule has 83 valence electrons. The fourth-order valence-electron chi connectivity index (χ4n) is 1.12. The van der Waals surface area contributed by atoms with E-state index in [0.717, 1.165) is 6.54 Å². The first-order valence-electron chi connectivity index (χ1n) is 4.81. The molecule has 0 heterocycles. The second kappa shape index (κ2) is 6.34. The Morgan fingerprint density at radius 3 is 2.29 bits per heavy atom. The molecule has 2 nitrogen and oxygen atoms in total. The third kappa shape index (κ3) is 6.25. The first kappa shape index (κ1) is 14.7. The van der Waals surface area contributed by atoms with Crippen molar-refractivity contribution >= 4 is 16.3 Å². The molecule has 0 saturated heterocycles. The van der Waals surface area contributed by atoms with Crippen molar-refractivity contribution in [3.8, 4) is 0 Å². The van der Waals surface area contributed by atoms with Crippen LogP contribution in [0.2, 0.25) is 0 Å². The summed E-state index contributed by atoms with van der Waals surface area (Å²) >= 11 is 4.34. The first-order chi connectivity index (χ1) is 6.27. The van der Waals surface area contributed by atoms with Crippen LogP contribution in [-0.2, 0) is 17.0 Å². The van der Waals surface area contributed by atoms with E-state index >= 15 is 0 Å². The third-order valence-electron chi connectivity index (χ3n) is 2.18.